The van der Waals surface area contributed by atoms with Gasteiger partial charge in [-0.2, -0.15) is 0 Å². The monoisotopic (exact) mass is 541 g/mol. The average molecular weight is 542 g/mol. The second-order valence-electron chi connectivity index (χ2n) is 11.2. The van der Waals surface area contributed by atoms with Crippen LogP contribution in [0.15, 0.2) is 60.7 Å². The van der Waals surface area contributed by atoms with Crippen molar-refractivity contribution in [1.29, 1.82) is 0 Å². The molecule has 0 saturated heterocycles. The fourth-order valence-corrected chi connectivity index (χ4v) is 5.86. The van der Waals surface area contributed by atoms with E-state index in [9.17, 15) is 24.3 Å². The van der Waals surface area contributed by atoms with Crippen molar-refractivity contribution < 1.29 is 24.3 Å². The van der Waals surface area contributed by atoms with E-state index < -0.39 is 29.9 Å². The van der Waals surface area contributed by atoms with Crippen molar-refractivity contribution in [2.24, 2.45) is 5.92 Å². The quantitative estimate of drug-likeness (QED) is 0.326. The van der Waals surface area contributed by atoms with Gasteiger partial charge in [0, 0.05) is 6.54 Å². The number of carboxylic acid groups (broad SMARTS) is 1. The van der Waals surface area contributed by atoms with Gasteiger partial charge in [0.15, 0.2) is 0 Å². The number of nitrogens with zero attached hydrogens (tertiary/aromatic N) is 1. The summed E-state index contributed by atoms with van der Waals surface area (Å²) in [5.74, 6) is -2.09. The molecule has 3 atom stereocenters. The molecule has 3 aromatic rings. The zero-order valence-corrected chi connectivity index (χ0v) is 22.9. The topological polar surface area (TPSA) is 116 Å². The Labute approximate surface area is 233 Å². The highest BCUT2D eigenvalue weighted by atomic mass is 16.4. The molecule has 0 saturated carbocycles. The van der Waals surface area contributed by atoms with Crippen LogP contribution in [0.3, 0.4) is 0 Å². The minimum absolute atomic E-state index is 0.0194. The average Bonchev–Trinajstić information content (AvgIpc) is 3.17. The molecule has 3 N–H and O–H groups in total. The fourth-order valence-electron chi connectivity index (χ4n) is 5.86. The third-order valence-electron chi connectivity index (χ3n) is 7.89. The number of benzene rings is 3. The summed E-state index contributed by atoms with van der Waals surface area (Å²) in [4.78, 5) is 53.0. The van der Waals surface area contributed by atoms with Crippen molar-refractivity contribution in [1.82, 2.24) is 15.5 Å². The van der Waals surface area contributed by atoms with Crippen LogP contribution in [0.1, 0.15) is 77.4 Å². The van der Waals surface area contributed by atoms with Gasteiger partial charge in [0.1, 0.15) is 6.04 Å². The van der Waals surface area contributed by atoms with E-state index in [0.29, 0.717) is 17.5 Å². The first kappa shape index (κ1) is 27.5. The molecule has 2 aliphatic rings. The van der Waals surface area contributed by atoms with E-state index in [2.05, 4.69) is 16.7 Å². The Morgan fingerprint density at radius 1 is 0.950 bits per heavy atom. The number of nitrogens with one attached hydrogen (secondary N) is 2. The van der Waals surface area contributed by atoms with Crippen LogP contribution in [0.5, 0.6) is 0 Å². The van der Waals surface area contributed by atoms with Crippen LogP contribution in [0.4, 0.5) is 0 Å². The number of carbonyl (C=O) groups is 4. The lowest BCUT2D eigenvalue weighted by Crippen LogP contribution is -2.53. The Morgan fingerprint density at radius 2 is 1.57 bits per heavy atom. The van der Waals surface area contributed by atoms with Crippen LogP contribution in [-0.2, 0) is 16.0 Å². The first-order valence-corrected chi connectivity index (χ1v) is 14.0. The van der Waals surface area contributed by atoms with E-state index in [1.54, 1.807) is 12.1 Å². The number of aliphatic carboxylic acids is 1. The predicted octanol–water partition coefficient (Wildman–Crippen LogP) is 4.48. The maximum atomic E-state index is 13.5. The number of carboxylic acids is 1. The summed E-state index contributed by atoms with van der Waals surface area (Å²) < 4.78 is 0. The fraction of sp³-hybridized carbons (Fsp3) is 0.375. The molecule has 0 spiro atoms. The van der Waals surface area contributed by atoms with E-state index in [-0.39, 0.29) is 30.8 Å². The molecule has 40 heavy (non-hydrogen) atoms. The summed E-state index contributed by atoms with van der Waals surface area (Å²) in [6.07, 6.45) is 3.20. The molecule has 8 heteroatoms. The van der Waals surface area contributed by atoms with Crippen molar-refractivity contribution in [2.75, 3.05) is 6.54 Å². The largest absolute Gasteiger partial charge is 0.480 e. The van der Waals surface area contributed by atoms with Gasteiger partial charge in [-0.15, -0.1) is 0 Å². The number of hydrogen-bond donors (Lipinski definition) is 3. The van der Waals surface area contributed by atoms with Gasteiger partial charge < -0.3 is 10.4 Å². The minimum atomic E-state index is -1.13. The molecular formula is C32H35N3O5. The van der Waals surface area contributed by atoms with Crippen molar-refractivity contribution in [3.63, 3.8) is 0 Å². The van der Waals surface area contributed by atoms with Crippen LogP contribution in [0, 0.1) is 5.92 Å². The number of fused-ring (bicyclic) bond motifs is 3. The van der Waals surface area contributed by atoms with Crippen LogP contribution < -0.4 is 10.6 Å². The van der Waals surface area contributed by atoms with Gasteiger partial charge in [-0.3, -0.25) is 29.4 Å². The highest BCUT2D eigenvalue weighted by Gasteiger charge is 2.37. The number of amides is 3. The third kappa shape index (κ3) is 5.63. The molecule has 1 aliphatic carbocycles. The van der Waals surface area contributed by atoms with E-state index >= 15 is 0 Å². The summed E-state index contributed by atoms with van der Waals surface area (Å²) in [6.45, 7) is 3.89. The molecule has 5 rings (SSSR count). The molecule has 3 aromatic carbocycles. The molecule has 208 valence electrons. The smallest absolute Gasteiger partial charge is 0.320 e. The molecule has 3 amide bonds. The summed E-state index contributed by atoms with van der Waals surface area (Å²) in [6, 6.07) is 17.0. The molecule has 0 bridgehead atoms. The Kier molecular flexibility index (Phi) is 7.98. The lowest BCUT2D eigenvalue weighted by atomic mass is 9.87. The van der Waals surface area contributed by atoms with Gasteiger partial charge in [-0.1, -0.05) is 62.4 Å². The summed E-state index contributed by atoms with van der Waals surface area (Å²) >= 11 is 0. The standard InChI is InChI=1S/C32H35N3O5/c1-19(2)16-28(29(36)34-26-13-7-11-20-8-5-6-12-23(20)26)33-27(32(39)40)14-15-35-30(37)24-17-21-9-3-4-10-22(21)18-25(24)31(35)38/h3-6,8-10,12,17-19,26-28,33H,7,11,13-16H2,1-2H3,(H,34,36)(H,39,40)/t26?,27?,28-/m0/s1. The lowest BCUT2D eigenvalue weighted by molar-refractivity contribution is -0.140. The van der Waals surface area contributed by atoms with Crippen LogP contribution in [0.25, 0.3) is 10.8 Å². The maximum absolute atomic E-state index is 13.5. The van der Waals surface area contributed by atoms with Crippen LogP contribution >= 0.6 is 0 Å². The SMILES string of the molecule is CC(C)C[C@H](NC(CCN1C(=O)c2cc3ccccc3cc2C1=O)C(=O)O)C(=O)NC1CCCc2ccccc21. The highest BCUT2D eigenvalue weighted by Crippen LogP contribution is 2.30. The summed E-state index contributed by atoms with van der Waals surface area (Å²) in [7, 11) is 0. The zero-order valence-electron chi connectivity index (χ0n) is 22.9. The molecule has 8 nitrogen and oxygen atoms in total. The first-order chi connectivity index (χ1) is 19.2. The molecule has 2 unspecified atom stereocenters. The second-order valence-corrected chi connectivity index (χ2v) is 11.2. The Bertz CT molecular complexity index is 1410. The van der Waals surface area contributed by atoms with Crippen LogP contribution in [-0.4, -0.2) is 52.3 Å². The summed E-state index contributed by atoms with van der Waals surface area (Å²) in [5, 5.41) is 17.9. The van der Waals surface area contributed by atoms with Crippen molar-refractivity contribution in [2.45, 2.75) is 64.1 Å². The number of imide groups is 1. The minimum Gasteiger partial charge on any atom is -0.480 e. The molecule has 0 fully saturated rings. The number of hydrogen-bond acceptors (Lipinski definition) is 5. The normalized spacial score (nSPS) is 18.0. The van der Waals surface area contributed by atoms with E-state index in [1.807, 2.05) is 56.3 Å². The highest BCUT2D eigenvalue weighted by molar-refractivity contribution is 6.23. The van der Waals surface area contributed by atoms with E-state index in [4.69, 9.17) is 0 Å². The zero-order chi connectivity index (χ0) is 28.4. The van der Waals surface area contributed by atoms with E-state index in [0.717, 1.165) is 40.5 Å². The van der Waals surface area contributed by atoms with Gasteiger partial charge in [0.05, 0.1) is 23.2 Å². The second kappa shape index (κ2) is 11.6. The van der Waals surface area contributed by atoms with Gasteiger partial charge in [-0.05, 0) is 72.1 Å². The van der Waals surface area contributed by atoms with Crippen molar-refractivity contribution in [3.8, 4) is 0 Å². The molecule has 0 aromatic heterocycles. The van der Waals surface area contributed by atoms with Gasteiger partial charge in [-0.25, -0.2) is 0 Å². The summed E-state index contributed by atoms with van der Waals surface area (Å²) in [5.41, 5.74) is 2.99. The molecular weight excluding hydrogens is 506 g/mol. The Balaban J connectivity index is 1.28. The Hall–Kier alpha value is -4.04. The first-order valence-electron chi connectivity index (χ1n) is 14.0. The maximum Gasteiger partial charge on any atom is 0.320 e. The van der Waals surface area contributed by atoms with Crippen molar-refractivity contribution >= 4 is 34.5 Å². The number of carbonyl (C=O) groups excluding carboxylic acids is 3. The molecule has 1 aliphatic heterocycles. The lowest BCUT2D eigenvalue weighted by Gasteiger charge is -2.30. The van der Waals surface area contributed by atoms with Gasteiger partial charge >= 0.3 is 5.97 Å². The van der Waals surface area contributed by atoms with Crippen molar-refractivity contribution in [3.05, 3.63) is 82.9 Å². The molecule has 0 radical (unpaired) electrons. The predicted molar refractivity (Wildman–Crippen MR) is 152 cm³/mol. The van der Waals surface area contributed by atoms with E-state index in [1.165, 1.54) is 5.56 Å². The van der Waals surface area contributed by atoms with Gasteiger partial charge in [0.2, 0.25) is 5.91 Å². The Morgan fingerprint density at radius 3 is 2.20 bits per heavy atom. The number of aryl methyl sites for hydroxylation is 1. The third-order valence-corrected chi connectivity index (χ3v) is 7.89. The molecule has 1 heterocycles. The van der Waals surface area contributed by atoms with Gasteiger partial charge in [0.25, 0.3) is 11.8 Å². The van der Waals surface area contributed by atoms with Crippen LogP contribution in [0.2, 0.25) is 0 Å². The number of rotatable bonds is 10.